The summed E-state index contributed by atoms with van der Waals surface area (Å²) < 4.78 is 29.3. The Labute approximate surface area is 109 Å². The Morgan fingerprint density at radius 1 is 1.26 bits per heavy atom. The van der Waals surface area contributed by atoms with Gasteiger partial charge < -0.3 is 10.0 Å². The molecule has 6 heteroatoms. The lowest BCUT2D eigenvalue weighted by molar-refractivity contribution is 0.280. The molecule has 0 bridgehead atoms. The zero-order valence-electron chi connectivity index (χ0n) is 10.8. The van der Waals surface area contributed by atoms with Crippen molar-refractivity contribution in [2.24, 2.45) is 7.05 Å². The second-order valence-corrected chi connectivity index (χ2v) is 4.44. The summed E-state index contributed by atoms with van der Waals surface area (Å²) in [5.41, 5.74) is 0.963. The van der Waals surface area contributed by atoms with Crippen LogP contribution in [0.3, 0.4) is 0 Å². The molecule has 0 saturated carbocycles. The summed E-state index contributed by atoms with van der Waals surface area (Å²) in [6.07, 6.45) is 3.43. The maximum atomic E-state index is 13.8. The number of benzene rings is 1. The summed E-state index contributed by atoms with van der Waals surface area (Å²) in [6.45, 7) is -0.0411. The van der Waals surface area contributed by atoms with Crippen LogP contribution in [0, 0.1) is 11.6 Å². The molecule has 1 aromatic carbocycles. The van der Waals surface area contributed by atoms with Gasteiger partial charge in [0.1, 0.15) is 17.3 Å². The van der Waals surface area contributed by atoms with E-state index in [1.165, 1.54) is 4.90 Å². The zero-order chi connectivity index (χ0) is 14.0. The van der Waals surface area contributed by atoms with E-state index in [9.17, 15) is 8.78 Å². The molecule has 1 heterocycles. The molecule has 1 aromatic heterocycles. The van der Waals surface area contributed by atoms with E-state index in [4.69, 9.17) is 5.11 Å². The van der Waals surface area contributed by atoms with Gasteiger partial charge in [-0.05, 0) is 17.7 Å². The highest BCUT2D eigenvalue weighted by Gasteiger charge is 2.15. The standard InChI is InChI=1S/C13H15F2N3O/c1-17(6-10-5-16-18(2)7-10)13-11(14)3-9(8-19)4-12(13)15/h3-5,7,19H,6,8H2,1-2H3. The van der Waals surface area contributed by atoms with Crippen LogP contribution in [0.25, 0.3) is 0 Å². The lowest BCUT2D eigenvalue weighted by Gasteiger charge is -2.20. The van der Waals surface area contributed by atoms with E-state index >= 15 is 0 Å². The number of anilines is 1. The first-order valence-corrected chi connectivity index (χ1v) is 5.78. The normalized spacial score (nSPS) is 10.8. The summed E-state index contributed by atoms with van der Waals surface area (Å²) >= 11 is 0. The molecule has 2 aromatic rings. The predicted molar refractivity (Wildman–Crippen MR) is 67.6 cm³/mol. The molecule has 0 aliphatic heterocycles. The number of hydrogen-bond acceptors (Lipinski definition) is 3. The molecule has 4 nitrogen and oxygen atoms in total. The van der Waals surface area contributed by atoms with Crippen LogP contribution in [0.4, 0.5) is 14.5 Å². The molecule has 0 atom stereocenters. The zero-order valence-corrected chi connectivity index (χ0v) is 10.8. The van der Waals surface area contributed by atoms with Gasteiger partial charge in [-0.3, -0.25) is 4.68 Å². The molecular formula is C13H15F2N3O. The van der Waals surface area contributed by atoms with E-state index in [0.29, 0.717) is 6.54 Å². The van der Waals surface area contributed by atoms with Gasteiger partial charge in [0.05, 0.1) is 12.8 Å². The molecule has 0 amide bonds. The van der Waals surface area contributed by atoms with Crippen LogP contribution < -0.4 is 4.90 Å². The van der Waals surface area contributed by atoms with Crippen LogP contribution in [0.5, 0.6) is 0 Å². The lowest BCUT2D eigenvalue weighted by atomic mass is 10.1. The van der Waals surface area contributed by atoms with Crippen LogP contribution in [-0.2, 0) is 20.2 Å². The van der Waals surface area contributed by atoms with E-state index in [1.54, 1.807) is 31.2 Å². The van der Waals surface area contributed by atoms with Gasteiger partial charge in [0.2, 0.25) is 0 Å². The monoisotopic (exact) mass is 267 g/mol. The third-order valence-electron chi connectivity index (χ3n) is 2.82. The summed E-state index contributed by atoms with van der Waals surface area (Å²) in [5.74, 6) is -1.37. The Balaban J connectivity index is 2.26. The van der Waals surface area contributed by atoms with E-state index in [2.05, 4.69) is 5.10 Å². The number of hydrogen-bond donors (Lipinski definition) is 1. The SMILES string of the molecule is CN(Cc1cnn(C)c1)c1c(F)cc(CO)cc1F. The molecule has 0 saturated heterocycles. The minimum atomic E-state index is -0.685. The first-order valence-electron chi connectivity index (χ1n) is 5.78. The average Bonchev–Trinajstić information content (AvgIpc) is 2.73. The van der Waals surface area contributed by atoms with Crippen LogP contribution in [0.15, 0.2) is 24.5 Å². The third-order valence-corrected chi connectivity index (χ3v) is 2.82. The predicted octanol–water partition coefficient (Wildman–Crippen LogP) is 1.83. The van der Waals surface area contributed by atoms with E-state index in [-0.39, 0.29) is 17.9 Å². The van der Waals surface area contributed by atoms with Gasteiger partial charge in [0.15, 0.2) is 0 Å². The number of rotatable bonds is 4. The van der Waals surface area contributed by atoms with E-state index in [1.807, 2.05) is 0 Å². The van der Waals surface area contributed by atoms with Crippen molar-refractivity contribution in [2.75, 3.05) is 11.9 Å². The Kier molecular flexibility index (Phi) is 3.80. The van der Waals surface area contributed by atoms with Crippen molar-refractivity contribution in [3.8, 4) is 0 Å². The number of aryl methyl sites for hydroxylation is 1. The molecule has 19 heavy (non-hydrogen) atoms. The molecule has 2 rings (SSSR count). The number of halogens is 2. The quantitative estimate of drug-likeness (QED) is 0.918. The second-order valence-electron chi connectivity index (χ2n) is 4.44. The van der Waals surface area contributed by atoms with Gasteiger partial charge in [-0.1, -0.05) is 0 Å². The highest BCUT2D eigenvalue weighted by atomic mass is 19.1. The highest BCUT2D eigenvalue weighted by molar-refractivity contribution is 5.50. The summed E-state index contributed by atoms with van der Waals surface area (Å²) in [4.78, 5) is 1.48. The fraction of sp³-hybridized carbons (Fsp3) is 0.308. The molecule has 0 spiro atoms. The van der Waals surface area contributed by atoms with Crippen molar-refractivity contribution in [3.63, 3.8) is 0 Å². The van der Waals surface area contributed by atoms with Crippen LogP contribution in [0.2, 0.25) is 0 Å². The van der Waals surface area contributed by atoms with Gasteiger partial charge >= 0.3 is 0 Å². The first kappa shape index (κ1) is 13.5. The van der Waals surface area contributed by atoms with Gasteiger partial charge in [-0.2, -0.15) is 5.10 Å². The smallest absolute Gasteiger partial charge is 0.149 e. The number of nitrogens with zero attached hydrogens (tertiary/aromatic N) is 3. The largest absolute Gasteiger partial charge is 0.392 e. The fourth-order valence-corrected chi connectivity index (χ4v) is 1.98. The van der Waals surface area contributed by atoms with Gasteiger partial charge in [0, 0.05) is 32.4 Å². The van der Waals surface area contributed by atoms with Crippen LogP contribution in [-0.4, -0.2) is 21.9 Å². The topological polar surface area (TPSA) is 41.3 Å². The molecular weight excluding hydrogens is 252 g/mol. The average molecular weight is 267 g/mol. The molecule has 102 valence electrons. The number of aromatic nitrogens is 2. The molecule has 0 fully saturated rings. The van der Waals surface area contributed by atoms with Crippen molar-refractivity contribution in [2.45, 2.75) is 13.2 Å². The Morgan fingerprint density at radius 2 is 1.89 bits per heavy atom. The minimum absolute atomic E-state index is 0.110. The fourth-order valence-electron chi connectivity index (χ4n) is 1.98. The maximum Gasteiger partial charge on any atom is 0.149 e. The summed E-state index contributed by atoms with van der Waals surface area (Å²) in [7, 11) is 3.38. The third kappa shape index (κ3) is 2.90. The Bertz CT molecular complexity index is 560. The van der Waals surface area contributed by atoms with Crippen LogP contribution in [0.1, 0.15) is 11.1 Å². The Hall–Kier alpha value is -1.95. The minimum Gasteiger partial charge on any atom is -0.392 e. The highest BCUT2D eigenvalue weighted by Crippen LogP contribution is 2.25. The van der Waals surface area contributed by atoms with Crippen molar-refractivity contribution in [3.05, 3.63) is 47.3 Å². The van der Waals surface area contributed by atoms with Crippen molar-refractivity contribution in [1.29, 1.82) is 0 Å². The van der Waals surface area contributed by atoms with Gasteiger partial charge in [0.25, 0.3) is 0 Å². The molecule has 1 N–H and O–H groups in total. The van der Waals surface area contributed by atoms with Gasteiger partial charge in [-0.25, -0.2) is 8.78 Å². The van der Waals surface area contributed by atoms with Gasteiger partial charge in [-0.15, -0.1) is 0 Å². The maximum absolute atomic E-state index is 13.8. The van der Waals surface area contributed by atoms with Crippen molar-refractivity contribution < 1.29 is 13.9 Å². The van der Waals surface area contributed by atoms with Crippen molar-refractivity contribution in [1.82, 2.24) is 9.78 Å². The van der Waals surface area contributed by atoms with E-state index < -0.39 is 11.6 Å². The van der Waals surface area contributed by atoms with E-state index in [0.717, 1.165) is 17.7 Å². The van der Waals surface area contributed by atoms with Crippen molar-refractivity contribution >= 4 is 5.69 Å². The molecule has 0 unspecified atom stereocenters. The first-order chi connectivity index (χ1) is 9.01. The summed E-state index contributed by atoms with van der Waals surface area (Å²) in [6, 6.07) is 2.27. The summed E-state index contributed by atoms with van der Waals surface area (Å²) in [5, 5.41) is 12.9. The molecule has 0 aliphatic carbocycles. The second kappa shape index (κ2) is 5.36. The lowest BCUT2D eigenvalue weighted by Crippen LogP contribution is -2.19. The number of aliphatic hydroxyl groups is 1. The Morgan fingerprint density at radius 3 is 2.37 bits per heavy atom. The number of aliphatic hydroxyl groups excluding tert-OH is 1. The molecule has 0 aliphatic rings. The molecule has 0 radical (unpaired) electrons. The van der Waals surface area contributed by atoms with Crippen LogP contribution >= 0.6 is 0 Å².